The summed E-state index contributed by atoms with van der Waals surface area (Å²) in [4.78, 5) is 21.4. The van der Waals surface area contributed by atoms with Crippen molar-refractivity contribution < 1.29 is 9.53 Å². The lowest BCUT2D eigenvalue weighted by molar-refractivity contribution is -0.125. The maximum Gasteiger partial charge on any atom is 0.246 e. The Kier molecular flexibility index (Phi) is 7.47. The van der Waals surface area contributed by atoms with Crippen LogP contribution in [0.1, 0.15) is 23.2 Å². The highest BCUT2D eigenvalue weighted by atomic mass is 32.1. The van der Waals surface area contributed by atoms with Gasteiger partial charge in [0, 0.05) is 44.2 Å². The molecule has 0 atom stereocenters. The molecule has 3 aromatic rings. The number of rotatable bonds is 7. The predicted molar refractivity (Wildman–Crippen MR) is 125 cm³/mol. The van der Waals surface area contributed by atoms with E-state index in [9.17, 15) is 4.79 Å². The molecule has 0 bridgehead atoms. The maximum atomic E-state index is 12.7. The molecular weight excluding hydrogens is 406 g/mol. The van der Waals surface area contributed by atoms with Crippen LogP contribution in [0.5, 0.6) is 5.75 Å². The molecule has 0 radical (unpaired) electrons. The second-order valence-electron chi connectivity index (χ2n) is 7.61. The number of aromatic nitrogens is 1. The first kappa shape index (κ1) is 21.3. The molecule has 0 aliphatic carbocycles. The first-order valence-electron chi connectivity index (χ1n) is 10.6. The molecule has 5 nitrogen and oxygen atoms in total. The van der Waals surface area contributed by atoms with Crippen molar-refractivity contribution in [2.45, 2.75) is 19.6 Å². The topological polar surface area (TPSA) is 45.7 Å². The van der Waals surface area contributed by atoms with Crippen LogP contribution in [0.4, 0.5) is 0 Å². The third kappa shape index (κ3) is 6.51. The van der Waals surface area contributed by atoms with Crippen molar-refractivity contribution in [2.24, 2.45) is 0 Å². The number of hydrogen-bond donors (Lipinski definition) is 0. The molecule has 6 heteroatoms. The fourth-order valence-electron chi connectivity index (χ4n) is 3.62. The fourth-order valence-corrected chi connectivity index (χ4v) is 4.17. The molecule has 1 fully saturated rings. The lowest BCUT2D eigenvalue weighted by atomic mass is 10.2. The minimum absolute atomic E-state index is 0.0612. The van der Waals surface area contributed by atoms with Crippen molar-refractivity contribution in [3.05, 3.63) is 88.4 Å². The Labute approximate surface area is 187 Å². The van der Waals surface area contributed by atoms with Crippen molar-refractivity contribution in [2.75, 3.05) is 26.2 Å². The molecule has 1 aromatic heterocycles. The molecule has 1 amide bonds. The second kappa shape index (κ2) is 10.9. The van der Waals surface area contributed by atoms with Crippen LogP contribution in [0.15, 0.2) is 71.6 Å². The minimum atomic E-state index is 0.0612. The Hall–Kier alpha value is -2.96. The standard InChI is InChI=1S/C25H27N3O2S/c29-25(28-13-5-12-27(14-15-28)17-23-19-31-20-26-23)11-10-21-8-4-9-24(16-21)30-18-22-6-2-1-3-7-22/h1-4,6-11,16,19-20H,5,12-15,17-18H2/b11-10+. The third-order valence-corrected chi connectivity index (χ3v) is 5.93. The van der Waals surface area contributed by atoms with E-state index in [4.69, 9.17) is 4.74 Å². The number of amides is 1. The van der Waals surface area contributed by atoms with E-state index in [0.29, 0.717) is 6.61 Å². The molecule has 0 saturated carbocycles. The molecule has 0 unspecified atom stereocenters. The molecule has 1 aliphatic rings. The Balaban J connectivity index is 1.29. The van der Waals surface area contributed by atoms with Gasteiger partial charge in [0.1, 0.15) is 12.4 Å². The SMILES string of the molecule is O=C(/C=C/c1cccc(OCc2ccccc2)c1)N1CCCN(Cc2cscn2)CC1. The van der Waals surface area contributed by atoms with E-state index in [0.717, 1.165) is 61.7 Å². The zero-order valence-corrected chi connectivity index (χ0v) is 18.3. The summed E-state index contributed by atoms with van der Waals surface area (Å²) in [6.45, 7) is 4.78. The molecule has 1 aliphatic heterocycles. The first-order valence-corrected chi connectivity index (χ1v) is 11.5. The van der Waals surface area contributed by atoms with Gasteiger partial charge in [0.2, 0.25) is 5.91 Å². The van der Waals surface area contributed by atoms with Crippen molar-refractivity contribution in [3.8, 4) is 5.75 Å². The number of carbonyl (C=O) groups is 1. The Morgan fingerprint density at radius 2 is 1.97 bits per heavy atom. The van der Waals surface area contributed by atoms with Crippen LogP contribution in [0.2, 0.25) is 0 Å². The maximum absolute atomic E-state index is 12.7. The smallest absolute Gasteiger partial charge is 0.246 e. The predicted octanol–water partition coefficient (Wildman–Crippen LogP) is 4.47. The summed E-state index contributed by atoms with van der Waals surface area (Å²) in [6.07, 6.45) is 4.52. The summed E-state index contributed by atoms with van der Waals surface area (Å²) in [5.41, 5.74) is 5.07. The van der Waals surface area contributed by atoms with Crippen LogP contribution in [0.25, 0.3) is 6.08 Å². The van der Waals surface area contributed by atoms with E-state index in [1.54, 1.807) is 17.4 Å². The normalized spacial score (nSPS) is 15.2. The molecule has 2 heterocycles. The van der Waals surface area contributed by atoms with Gasteiger partial charge in [0.15, 0.2) is 0 Å². The van der Waals surface area contributed by atoms with Gasteiger partial charge in [0.05, 0.1) is 11.2 Å². The summed E-state index contributed by atoms with van der Waals surface area (Å²) in [5.74, 6) is 0.858. The van der Waals surface area contributed by atoms with E-state index in [1.165, 1.54) is 0 Å². The van der Waals surface area contributed by atoms with Crippen molar-refractivity contribution in [1.29, 1.82) is 0 Å². The largest absolute Gasteiger partial charge is 0.489 e. The molecular formula is C25H27N3O2S. The van der Waals surface area contributed by atoms with E-state index < -0.39 is 0 Å². The number of benzene rings is 2. The number of carbonyl (C=O) groups excluding carboxylic acids is 1. The van der Waals surface area contributed by atoms with Crippen molar-refractivity contribution in [3.63, 3.8) is 0 Å². The Bertz CT molecular complexity index is 989. The quantitative estimate of drug-likeness (QED) is 0.516. The van der Waals surface area contributed by atoms with Crippen molar-refractivity contribution in [1.82, 2.24) is 14.8 Å². The van der Waals surface area contributed by atoms with Gasteiger partial charge in [-0.1, -0.05) is 42.5 Å². The lowest BCUT2D eigenvalue weighted by Gasteiger charge is -2.20. The highest BCUT2D eigenvalue weighted by molar-refractivity contribution is 7.07. The molecule has 31 heavy (non-hydrogen) atoms. The average Bonchev–Trinajstić information content (AvgIpc) is 3.21. The summed E-state index contributed by atoms with van der Waals surface area (Å²) >= 11 is 1.63. The van der Waals surface area contributed by atoms with E-state index >= 15 is 0 Å². The molecule has 0 spiro atoms. The average molecular weight is 434 g/mol. The lowest BCUT2D eigenvalue weighted by Crippen LogP contribution is -2.34. The molecule has 0 N–H and O–H groups in total. The molecule has 160 valence electrons. The van der Waals surface area contributed by atoms with Crippen LogP contribution >= 0.6 is 11.3 Å². The van der Waals surface area contributed by atoms with Gasteiger partial charge in [-0.25, -0.2) is 4.98 Å². The van der Waals surface area contributed by atoms with Crippen LogP contribution < -0.4 is 4.74 Å². The van der Waals surface area contributed by atoms with Gasteiger partial charge in [-0.05, 0) is 35.8 Å². The van der Waals surface area contributed by atoms with Gasteiger partial charge in [-0.15, -0.1) is 11.3 Å². The Morgan fingerprint density at radius 1 is 1.06 bits per heavy atom. The minimum Gasteiger partial charge on any atom is -0.489 e. The van der Waals surface area contributed by atoms with Crippen LogP contribution in [0, 0.1) is 0 Å². The molecule has 2 aromatic carbocycles. The van der Waals surface area contributed by atoms with Gasteiger partial charge in [0.25, 0.3) is 0 Å². The zero-order chi connectivity index (χ0) is 21.3. The van der Waals surface area contributed by atoms with Gasteiger partial charge >= 0.3 is 0 Å². The summed E-state index contributed by atoms with van der Waals surface area (Å²) < 4.78 is 5.89. The fraction of sp³-hybridized carbons (Fsp3) is 0.280. The Morgan fingerprint density at radius 3 is 2.81 bits per heavy atom. The van der Waals surface area contributed by atoms with Crippen molar-refractivity contribution >= 4 is 23.3 Å². The highest BCUT2D eigenvalue weighted by Gasteiger charge is 2.18. The molecule has 4 rings (SSSR count). The first-order chi connectivity index (χ1) is 15.3. The summed E-state index contributed by atoms with van der Waals surface area (Å²) in [6, 6.07) is 17.9. The highest BCUT2D eigenvalue weighted by Crippen LogP contribution is 2.17. The van der Waals surface area contributed by atoms with Crippen LogP contribution in [-0.4, -0.2) is 46.9 Å². The number of ether oxygens (including phenoxy) is 1. The number of nitrogens with zero attached hydrogens (tertiary/aromatic N) is 3. The number of thiazole rings is 1. The van der Waals surface area contributed by atoms with E-state index in [-0.39, 0.29) is 5.91 Å². The van der Waals surface area contributed by atoms with Gasteiger partial charge in [-0.2, -0.15) is 0 Å². The van der Waals surface area contributed by atoms with Crippen LogP contribution in [-0.2, 0) is 17.9 Å². The zero-order valence-electron chi connectivity index (χ0n) is 17.5. The van der Waals surface area contributed by atoms with Gasteiger partial charge in [-0.3, -0.25) is 9.69 Å². The summed E-state index contributed by atoms with van der Waals surface area (Å²) in [5, 5.41) is 2.09. The third-order valence-electron chi connectivity index (χ3n) is 5.29. The van der Waals surface area contributed by atoms with Crippen LogP contribution in [0.3, 0.4) is 0 Å². The van der Waals surface area contributed by atoms with E-state index in [2.05, 4.69) is 15.3 Å². The summed E-state index contributed by atoms with van der Waals surface area (Å²) in [7, 11) is 0. The number of hydrogen-bond acceptors (Lipinski definition) is 5. The van der Waals surface area contributed by atoms with Gasteiger partial charge < -0.3 is 9.64 Å². The second-order valence-corrected chi connectivity index (χ2v) is 8.33. The monoisotopic (exact) mass is 433 g/mol. The van der Waals surface area contributed by atoms with E-state index in [1.807, 2.05) is 71.1 Å². The molecule has 1 saturated heterocycles.